The number of nitrogen functional groups attached to an aromatic ring is 1. The number of rotatable bonds is 6. The molecule has 0 saturated carbocycles. The first-order valence-corrected chi connectivity index (χ1v) is 9.09. The molecule has 1 fully saturated rings. The topological polar surface area (TPSA) is 172 Å². The molecule has 0 bridgehead atoms. The third kappa shape index (κ3) is 3.61. The predicted molar refractivity (Wildman–Crippen MR) is 103 cm³/mol. The van der Waals surface area contributed by atoms with Crippen LogP contribution in [-0.4, -0.2) is 71.4 Å². The van der Waals surface area contributed by atoms with E-state index in [4.69, 9.17) is 10.5 Å². The van der Waals surface area contributed by atoms with Crippen molar-refractivity contribution in [2.24, 2.45) is 0 Å². The van der Waals surface area contributed by atoms with Gasteiger partial charge in [0.2, 0.25) is 5.95 Å². The highest BCUT2D eigenvalue weighted by atomic mass is 16.6. The number of benzene rings is 1. The molecule has 11 nitrogen and oxygen atoms in total. The Morgan fingerprint density at radius 2 is 1.93 bits per heavy atom. The van der Waals surface area contributed by atoms with Crippen LogP contribution in [0, 0.1) is 0 Å². The molecule has 154 valence electrons. The van der Waals surface area contributed by atoms with Crippen molar-refractivity contribution in [3.05, 3.63) is 42.2 Å². The van der Waals surface area contributed by atoms with Crippen LogP contribution in [0.4, 0.5) is 11.8 Å². The van der Waals surface area contributed by atoms with Gasteiger partial charge in [-0.2, -0.15) is 9.97 Å². The number of nitrogens with one attached hydrogen (secondary N) is 1. The summed E-state index contributed by atoms with van der Waals surface area (Å²) in [5.74, 6) is 0.274. The Bertz CT molecular complexity index is 984. The lowest BCUT2D eigenvalue weighted by molar-refractivity contribution is -0.0511. The lowest BCUT2D eigenvalue weighted by atomic mass is 10.1. The third-order valence-electron chi connectivity index (χ3n) is 4.88. The van der Waals surface area contributed by atoms with Crippen molar-refractivity contribution in [2.45, 2.75) is 30.6 Å². The molecule has 3 aromatic rings. The number of hydrogen-bond acceptors (Lipinski definition) is 10. The lowest BCUT2D eigenvalue weighted by Gasteiger charge is -2.17. The maximum Gasteiger partial charge on any atom is 0.226 e. The number of aliphatic hydroxyl groups excluding tert-OH is 4. The van der Waals surface area contributed by atoms with Gasteiger partial charge in [-0.3, -0.25) is 4.57 Å². The van der Waals surface area contributed by atoms with Crippen molar-refractivity contribution < 1.29 is 25.2 Å². The molecule has 4 rings (SSSR count). The molecule has 0 radical (unpaired) electrons. The molecule has 1 saturated heterocycles. The number of anilines is 2. The summed E-state index contributed by atoms with van der Waals surface area (Å²) in [6.45, 7) is -0.292. The summed E-state index contributed by atoms with van der Waals surface area (Å²) >= 11 is 0. The van der Waals surface area contributed by atoms with Crippen LogP contribution in [0.1, 0.15) is 17.9 Å². The number of nitrogens with zero attached hydrogens (tertiary/aromatic N) is 4. The van der Waals surface area contributed by atoms with Crippen LogP contribution in [-0.2, 0) is 4.74 Å². The fourth-order valence-electron chi connectivity index (χ4n) is 3.29. The highest BCUT2D eigenvalue weighted by Crippen LogP contribution is 2.32. The minimum Gasteiger partial charge on any atom is -0.394 e. The molecule has 5 atom stereocenters. The third-order valence-corrected chi connectivity index (χ3v) is 4.88. The number of aliphatic hydroxyl groups is 4. The normalized spacial score (nSPS) is 25.4. The summed E-state index contributed by atoms with van der Waals surface area (Å²) in [7, 11) is 0. The van der Waals surface area contributed by atoms with E-state index in [2.05, 4.69) is 20.3 Å². The second kappa shape index (κ2) is 7.89. The first kappa shape index (κ1) is 19.5. The van der Waals surface area contributed by atoms with Crippen molar-refractivity contribution in [2.75, 3.05) is 24.2 Å². The monoisotopic (exact) mass is 402 g/mol. The van der Waals surface area contributed by atoms with Gasteiger partial charge in [-0.15, -0.1) is 0 Å². The number of imidazole rings is 1. The summed E-state index contributed by atoms with van der Waals surface area (Å²) < 4.78 is 6.96. The van der Waals surface area contributed by atoms with Gasteiger partial charge in [0, 0.05) is 6.54 Å². The molecule has 0 amide bonds. The van der Waals surface area contributed by atoms with E-state index in [-0.39, 0.29) is 24.0 Å². The Labute approximate surface area is 165 Å². The van der Waals surface area contributed by atoms with E-state index in [1.54, 1.807) is 0 Å². The minimum atomic E-state index is -1.28. The van der Waals surface area contributed by atoms with Crippen molar-refractivity contribution in [3.8, 4) is 0 Å². The molecule has 2 aromatic heterocycles. The van der Waals surface area contributed by atoms with E-state index >= 15 is 0 Å². The lowest BCUT2D eigenvalue weighted by Crippen LogP contribution is -2.33. The summed E-state index contributed by atoms with van der Waals surface area (Å²) in [6, 6.07) is 9.14. The molecule has 0 spiro atoms. The van der Waals surface area contributed by atoms with Crippen LogP contribution in [0.3, 0.4) is 0 Å². The molecular formula is C18H22N6O5. The Morgan fingerprint density at radius 1 is 1.17 bits per heavy atom. The molecule has 0 aliphatic carbocycles. The Hall–Kier alpha value is -2.83. The van der Waals surface area contributed by atoms with Crippen LogP contribution >= 0.6 is 0 Å². The molecular weight excluding hydrogens is 380 g/mol. The average Bonchev–Trinajstić information content (AvgIpc) is 3.28. The fourth-order valence-corrected chi connectivity index (χ4v) is 3.29. The van der Waals surface area contributed by atoms with Gasteiger partial charge in [0.05, 0.1) is 19.0 Å². The minimum absolute atomic E-state index is 0.109. The maximum atomic E-state index is 10.3. The van der Waals surface area contributed by atoms with E-state index in [1.165, 1.54) is 10.9 Å². The smallest absolute Gasteiger partial charge is 0.226 e. The molecule has 1 aliphatic rings. The number of ether oxygens (including phenoxy) is 1. The fraction of sp³-hybridized carbons (Fsp3) is 0.389. The second-order valence-corrected chi connectivity index (χ2v) is 6.79. The Morgan fingerprint density at radius 3 is 2.62 bits per heavy atom. The van der Waals surface area contributed by atoms with E-state index in [1.807, 2.05) is 30.3 Å². The standard InChI is InChI=1S/C18H22N6O5/c19-15-12-16(24(8-21-12)17-14(28)13(27)11(7-25)29-17)23-18(22-15)20-6-10(26)9-4-2-1-3-5-9/h1-5,8,10-11,13-14,17,25-28H,6-7H2,(H3,19,20,22,23)/t10?,11-,13-,14-,17-/m1/s1. The molecule has 7 N–H and O–H groups in total. The molecule has 1 unspecified atom stereocenters. The number of fused-ring (bicyclic) bond motifs is 1. The number of aromatic nitrogens is 4. The van der Waals surface area contributed by atoms with E-state index in [0.29, 0.717) is 5.52 Å². The average molecular weight is 402 g/mol. The largest absolute Gasteiger partial charge is 0.394 e. The van der Waals surface area contributed by atoms with Gasteiger partial charge in [0.15, 0.2) is 17.7 Å². The molecule has 1 aliphatic heterocycles. The van der Waals surface area contributed by atoms with E-state index in [0.717, 1.165) is 5.56 Å². The van der Waals surface area contributed by atoms with Crippen LogP contribution in [0.2, 0.25) is 0 Å². The van der Waals surface area contributed by atoms with E-state index < -0.39 is 37.3 Å². The highest BCUT2D eigenvalue weighted by molar-refractivity contribution is 5.83. The summed E-state index contributed by atoms with van der Waals surface area (Å²) in [5, 5.41) is 42.8. The molecule has 1 aromatic carbocycles. The summed E-state index contributed by atoms with van der Waals surface area (Å²) in [5.41, 5.74) is 7.31. The highest BCUT2D eigenvalue weighted by Gasteiger charge is 2.44. The summed E-state index contributed by atoms with van der Waals surface area (Å²) in [6.07, 6.45) is -3.85. The van der Waals surface area contributed by atoms with Gasteiger partial charge < -0.3 is 36.2 Å². The van der Waals surface area contributed by atoms with Crippen molar-refractivity contribution in [1.29, 1.82) is 0 Å². The van der Waals surface area contributed by atoms with Crippen LogP contribution in [0.25, 0.3) is 11.2 Å². The van der Waals surface area contributed by atoms with Crippen molar-refractivity contribution in [1.82, 2.24) is 19.5 Å². The number of hydrogen-bond donors (Lipinski definition) is 6. The number of nitrogens with two attached hydrogens (primary N) is 1. The first-order valence-electron chi connectivity index (χ1n) is 9.09. The van der Waals surface area contributed by atoms with Crippen molar-refractivity contribution in [3.63, 3.8) is 0 Å². The van der Waals surface area contributed by atoms with Crippen LogP contribution in [0.15, 0.2) is 36.7 Å². The first-order chi connectivity index (χ1) is 14.0. The Balaban J connectivity index is 1.59. The van der Waals surface area contributed by atoms with Crippen LogP contribution < -0.4 is 11.1 Å². The quantitative estimate of drug-likeness (QED) is 0.305. The molecule has 11 heteroatoms. The van der Waals surface area contributed by atoms with Gasteiger partial charge in [0.1, 0.15) is 23.8 Å². The SMILES string of the molecule is Nc1nc(NCC(O)c2ccccc2)nc2c1ncn2[C@@H]1O[C@H](CO)[C@@H](O)[C@H]1O. The molecule has 29 heavy (non-hydrogen) atoms. The van der Waals surface area contributed by atoms with Gasteiger partial charge >= 0.3 is 0 Å². The van der Waals surface area contributed by atoms with Gasteiger partial charge in [0.25, 0.3) is 0 Å². The zero-order valence-electron chi connectivity index (χ0n) is 15.3. The second-order valence-electron chi connectivity index (χ2n) is 6.79. The van der Waals surface area contributed by atoms with Crippen LogP contribution in [0.5, 0.6) is 0 Å². The van der Waals surface area contributed by atoms with E-state index in [9.17, 15) is 20.4 Å². The maximum absolute atomic E-state index is 10.3. The van der Waals surface area contributed by atoms with Crippen molar-refractivity contribution >= 4 is 22.9 Å². The van der Waals surface area contributed by atoms with Gasteiger partial charge in [-0.25, -0.2) is 4.98 Å². The van der Waals surface area contributed by atoms with Gasteiger partial charge in [-0.05, 0) is 5.56 Å². The zero-order chi connectivity index (χ0) is 20.5. The predicted octanol–water partition coefficient (Wildman–Crippen LogP) is -0.835. The summed E-state index contributed by atoms with van der Waals surface area (Å²) in [4.78, 5) is 12.7. The van der Waals surface area contributed by atoms with Gasteiger partial charge in [-0.1, -0.05) is 30.3 Å². The molecule has 3 heterocycles. The Kier molecular flexibility index (Phi) is 5.30. The zero-order valence-corrected chi connectivity index (χ0v) is 15.3.